The van der Waals surface area contributed by atoms with Gasteiger partial charge in [0.25, 0.3) is 0 Å². The van der Waals surface area contributed by atoms with Gasteiger partial charge in [-0.15, -0.1) is 0 Å². The molecule has 3 rings (SSSR count). The van der Waals surface area contributed by atoms with E-state index in [0.717, 1.165) is 22.6 Å². The van der Waals surface area contributed by atoms with Crippen LogP contribution in [0.1, 0.15) is 29.2 Å². The number of carbonyl (C=O) groups is 1. The summed E-state index contributed by atoms with van der Waals surface area (Å²) in [6.07, 6.45) is 0.362. The van der Waals surface area contributed by atoms with Crippen LogP contribution in [0.4, 0.5) is 5.82 Å². The minimum atomic E-state index is -0.0859. The van der Waals surface area contributed by atoms with Gasteiger partial charge in [0.1, 0.15) is 5.82 Å². The number of aryl methyl sites for hydroxylation is 2. The first-order chi connectivity index (χ1) is 9.47. The molecule has 0 spiro atoms. The molecule has 6 heteroatoms. The maximum atomic E-state index is 11.9. The van der Waals surface area contributed by atoms with Crippen LogP contribution < -0.4 is 5.32 Å². The summed E-state index contributed by atoms with van der Waals surface area (Å²) < 4.78 is 1.69. The Morgan fingerprint density at radius 1 is 1.40 bits per heavy atom. The summed E-state index contributed by atoms with van der Waals surface area (Å²) in [6.45, 7) is 1.94. The fourth-order valence-corrected chi connectivity index (χ4v) is 3.30. The number of hydrogen-bond donors (Lipinski definition) is 1. The minimum Gasteiger partial charge on any atom is -0.311 e. The molecule has 104 valence electrons. The zero-order valence-corrected chi connectivity index (χ0v) is 12.6. The largest absolute Gasteiger partial charge is 0.311 e. The Kier molecular flexibility index (Phi) is 3.22. The van der Waals surface area contributed by atoms with Gasteiger partial charge in [-0.2, -0.15) is 5.10 Å². The number of amides is 1. The number of fused-ring (bicyclic) bond motifs is 1. The molecule has 1 unspecified atom stereocenters. The highest BCUT2D eigenvalue weighted by molar-refractivity contribution is 6.35. The molecule has 1 aromatic carbocycles. The van der Waals surface area contributed by atoms with E-state index < -0.39 is 0 Å². The summed E-state index contributed by atoms with van der Waals surface area (Å²) in [5.74, 6) is 0.628. The van der Waals surface area contributed by atoms with Gasteiger partial charge in [0.05, 0.1) is 5.69 Å². The van der Waals surface area contributed by atoms with Crippen molar-refractivity contribution < 1.29 is 4.79 Å². The normalized spacial score (nSPS) is 17.8. The number of hydrogen-bond acceptors (Lipinski definition) is 2. The molecule has 4 nitrogen and oxygen atoms in total. The Balaban J connectivity index is 2.18. The number of aromatic nitrogens is 2. The van der Waals surface area contributed by atoms with Gasteiger partial charge in [0.15, 0.2) is 0 Å². The molecular weight excluding hydrogens is 297 g/mol. The van der Waals surface area contributed by atoms with Gasteiger partial charge in [-0.05, 0) is 24.6 Å². The quantitative estimate of drug-likeness (QED) is 0.876. The maximum absolute atomic E-state index is 11.9. The predicted octanol–water partition coefficient (Wildman–Crippen LogP) is 3.51. The Morgan fingerprint density at radius 3 is 2.85 bits per heavy atom. The van der Waals surface area contributed by atoms with Crippen LogP contribution in [0.25, 0.3) is 0 Å². The zero-order chi connectivity index (χ0) is 14.4. The molecule has 1 amide bonds. The number of nitrogens with one attached hydrogen (secondary N) is 1. The molecule has 0 fully saturated rings. The summed E-state index contributed by atoms with van der Waals surface area (Å²) in [5.41, 5.74) is 2.83. The molecule has 0 bridgehead atoms. The third kappa shape index (κ3) is 2.09. The van der Waals surface area contributed by atoms with Gasteiger partial charge in [-0.25, -0.2) is 0 Å². The number of anilines is 1. The van der Waals surface area contributed by atoms with Crippen LogP contribution >= 0.6 is 23.2 Å². The fraction of sp³-hybridized carbons (Fsp3) is 0.286. The van der Waals surface area contributed by atoms with Crippen molar-refractivity contribution in [3.8, 4) is 0 Å². The van der Waals surface area contributed by atoms with Crippen LogP contribution in [0.15, 0.2) is 18.2 Å². The number of nitrogens with zero attached hydrogens (tertiary/aromatic N) is 2. The molecule has 1 N–H and O–H groups in total. The van der Waals surface area contributed by atoms with E-state index in [4.69, 9.17) is 23.2 Å². The van der Waals surface area contributed by atoms with E-state index in [9.17, 15) is 4.79 Å². The van der Waals surface area contributed by atoms with Crippen LogP contribution in [-0.2, 0) is 11.8 Å². The second-order valence-corrected chi connectivity index (χ2v) is 5.79. The summed E-state index contributed by atoms with van der Waals surface area (Å²) in [5, 5.41) is 8.42. The van der Waals surface area contributed by atoms with E-state index in [2.05, 4.69) is 10.4 Å². The van der Waals surface area contributed by atoms with Gasteiger partial charge in [0.2, 0.25) is 5.91 Å². The lowest BCUT2D eigenvalue weighted by atomic mass is 9.86. The molecule has 1 atom stereocenters. The topological polar surface area (TPSA) is 46.9 Å². The van der Waals surface area contributed by atoms with Crippen molar-refractivity contribution in [1.82, 2.24) is 9.78 Å². The molecule has 2 aromatic rings. The van der Waals surface area contributed by atoms with Crippen LogP contribution in [-0.4, -0.2) is 15.7 Å². The third-order valence-electron chi connectivity index (χ3n) is 3.60. The number of halogens is 2. The molecule has 20 heavy (non-hydrogen) atoms. The summed E-state index contributed by atoms with van der Waals surface area (Å²) in [6, 6.07) is 5.38. The fourth-order valence-electron chi connectivity index (χ4n) is 2.76. The van der Waals surface area contributed by atoms with Crippen LogP contribution in [0.5, 0.6) is 0 Å². The van der Waals surface area contributed by atoms with Crippen molar-refractivity contribution in [1.29, 1.82) is 0 Å². The molecular formula is C14H13Cl2N3O. The number of rotatable bonds is 1. The van der Waals surface area contributed by atoms with E-state index >= 15 is 0 Å². The molecule has 0 aliphatic carbocycles. The average Bonchev–Trinajstić information content (AvgIpc) is 2.64. The lowest BCUT2D eigenvalue weighted by molar-refractivity contribution is -0.116. The standard InChI is InChI=1S/C14H13Cl2N3O/c1-7-13-10(9-4-3-8(15)5-11(9)16)6-12(20)17-14(13)19(2)18-7/h3-5,10H,6H2,1-2H3,(H,17,20). The van der Waals surface area contributed by atoms with Crippen molar-refractivity contribution in [2.24, 2.45) is 7.05 Å². The van der Waals surface area contributed by atoms with Gasteiger partial charge in [-0.1, -0.05) is 29.3 Å². The first kappa shape index (κ1) is 13.5. The highest BCUT2D eigenvalue weighted by Crippen LogP contribution is 2.41. The second kappa shape index (κ2) is 4.79. The predicted molar refractivity (Wildman–Crippen MR) is 79.5 cm³/mol. The highest BCUT2D eigenvalue weighted by atomic mass is 35.5. The zero-order valence-electron chi connectivity index (χ0n) is 11.1. The monoisotopic (exact) mass is 309 g/mol. The molecule has 1 aliphatic heterocycles. The number of benzene rings is 1. The van der Waals surface area contributed by atoms with Crippen molar-refractivity contribution in [3.63, 3.8) is 0 Å². The molecule has 2 heterocycles. The first-order valence-corrected chi connectivity index (χ1v) is 7.01. The van der Waals surface area contributed by atoms with Gasteiger partial charge < -0.3 is 5.32 Å². The molecule has 0 saturated carbocycles. The van der Waals surface area contributed by atoms with Crippen molar-refractivity contribution >= 4 is 34.9 Å². The van der Waals surface area contributed by atoms with Crippen LogP contribution in [0.3, 0.4) is 0 Å². The lowest BCUT2D eigenvalue weighted by Crippen LogP contribution is -2.24. The van der Waals surface area contributed by atoms with E-state index in [-0.39, 0.29) is 11.8 Å². The maximum Gasteiger partial charge on any atom is 0.226 e. The summed E-state index contributed by atoms with van der Waals surface area (Å²) >= 11 is 12.2. The van der Waals surface area contributed by atoms with E-state index in [1.807, 2.05) is 20.0 Å². The molecule has 1 aliphatic rings. The van der Waals surface area contributed by atoms with Crippen molar-refractivity contribution in [3.05, 3.63) is 45.1 Å². The van der Waals surface area contributed by atoms with E-state index in [1.54, 1.807) is 16.8 Å². The van der Waals surface area contributed by atoms with Crippen LogP contribution in [0, 0.1) is 6.92 Å². The van der Waals surface area contributed by atoms with Crippen molar-refractivity contribution in [2.75, 3.05) is 5.32 Å². The average molecular weight is 310 g/mol. The SMILES string of the molecule is Cc1nn(C)c2c1C(c1ccc(Cl)cc1Cl)CC(=O)N2. The smallest absolute Gasteiger partial charge is 0.226 e. The Labute approximate surface area is 126 Å². The van der Waals surface area contributed by atoms with Gasteiger partial charge >= 0.3 is 0 Å². The summed E-state index contributed by atoms with van der Waals surface area (Å²) in [4.78, 5) is 11.9. The van der Waals surface area contributed by atoms with Crippen LogP contribution in [0.2, 0.25) is 10.0 Å². The second-order valence-electron chi connectivity index (χ2n) is 4.94. The summed E-state index contributed by atoms with van der Waals surface area (Å²) in [7, 11) is 1.82. The highest BCUT2D eigenvalue weighted by Gasteiger charge is 2.32. The Morgan fingerprint density at radius 2 is 2.15 bits per heavy atom. The van der Waals surface area contributed by atoms with E-state index in [1.165, 1.54) is 0 Å². The molecule has 1 aromatic heterocycles. The Bertz CT molecular complexity index is 709. The van der Waals surface area contributed by atoms with Gasteiger partial charge in [0, 0.05) is 35.0 Å². The third-order valence-corrected chi connectivity index (χ3v) is 4.16. The van der Waals surface area contributed by atoms with Gasteiger partial charge in [-0.3, -0.25) is 9.48 Å². The lowest BCUT2D eigenvalue weighted by Gasteiger charge is -2.24. The number of carbonyl (C=O) groups excluding carboxylic acids is 1. The van der Waals surface area contributed by atoms with E-state index in [0.29, 0.717) is 16.5 Å². The first-order valence-electron chi connectivity index (χ1n) is 6.25. The minimum absolute atomic E-state index is 0.0310. The van der Waals surface area contributed by atoms with Crippen molar-refractivity contribution in [2.45, 2.75) is 19.3 Å². The molecule has 0 radical (unpaired) electrons. The molecule has 0 saturated heterocycles. The Hall–Kier alpha value is -1.52.